The number of benzene rings is 4. The number of carbonyl (C=O) groups is 3. The van der Waals surface area contributed by atoms with Gasteiger partial charge in [0.05, 0.1) is 26.2 Å². The first-order valence-electron chi connectivity index (χ1n) is 20.8. The molecule has 0 saturated carbocycles. The molecule has 2 amide bonds. The summed E-state index contributed by atoms with van der Waals surface area (Å²) >= 11 is 0. The third kappa shape index (κ3) is 13.7. The zero-order valence-corrected chi connectivity index (χ0v) is 35.4. The van der Waals surface area contributed by atoms with Gasteiger partial charge in [0.2, 0.25) is 0 Å². The van der Waals surface area contributed by atoms with E-state index in [1.54, 1.807) is 20.8 Å². The minimum absolute atomic E-state index is 0.000574. The van der Waals surface area contributed by atoms with Crippen molar-refractivity contribution in [1.29, 1.82) is 0 Å². The minimum atomic E-state index is -0.692. The molecule has 1 aliphatic heterocycles. The molecule has 316 valence electrons. The van der Waals surface area contributed by atoms with E-state index in [1.165, 1.54) is 5.56 Å². The number of nitrogens with one attached hydrogen (secondary N) is 2. The van der Waals surface area contributed by atoms with E-state index in [4.69, 9.17) is 28.4 Å². The molecular weight excluding hydrogens is 749 g/mol. The molecule has 0 aromatic heterocycles. The van der Waals surface area contributed by atoms with Gasteiger partial charge in [-0.1, -0.05) is 86.5 Å². The molecule has 4 aromatic carbocycles. The molecule has 0 fully saturated rings. The van der Waals surface area contributed by atoms with Crippen molar-refractivity contribution in [3.05, 3.63) is 107 Å². The first kappa shape index (κ1) is 44.4. The number of carbonyl (C=O) groups excluding carboxylic acids is 3. The lowest BCUT2D eigenvalue weighted by atomic mass is 9.96. The van der Waals surface area contributed by atoms with Crippen LogP contribution in [0.5, 0.6) is 23.0 Å². The van der Waals surface area contributed by atoms with Crippen LogP contribution in [0.25, 0.3) is 11.1 Å². The van der Waals surface area contributed by atoms with Crippen molar-refractivity contribution in [2.75, 3.05) is 32.9 Å². The molecule has 0 radical (unpaired) electrons. The molecule has 4 aromatic rings. The largest absolute Gasteiger partial charge is 0.493 e. The Morgan fingerprint density at radius 3 is 2.27 bits per heavy atom. The summed E-state index contributed by atoms with van der Waals surface area (Å²) in [6, 6.07) is 26.9. The zero-order chi connectivity index (χ0) is 42.2. The van der Waals surface area contributed by atoms with E-state index in [9.17, 15) is 14.4 Å². The highest BCUT2D eigenvalue weighted by atomic mass is 16.6. The van der Waals surface area contributed by atoms with Gasteiger partial charge in [0.1, 0.15) is 41.8 Å². The maximum atomic E-state index is 13.1. The van der Waals surface area contributed by atoms with Crippen LogP contribution in [0.4, 0.5) is 4.79 Å². The molecule has 2 N–H and O–H groups in total. The maximum absolute atomic E-state index is 13.1. The summed E-state index contributed by atoms with van der Waals surface area (Å²) in [6.45, 7) is 13.2. The van der Waals surface area contributed by atoms with Crippen molar-refractivity contribution in [2.24, 2.45) is 0 Å². The van der Waals surface area contributed by atoms with Crippen LogP contribution >= 0.6 is 0 Å². The van der Waals surface area contributed by atoms with Gasteiger partial charge in [0.25, 0.3) is 5.91 Å². The Morgan fingerprint density at radius 2 is 1.56 bits per heavy atom. The summed E-state index contributed by atoms with van der Waals surface area (Å²) in [5.41, 5.74) is 6.91. The highest BCUT2D eigenvalue weighted by Crippen LogP contribution is 2.39. The van der Waals surface area contributed by atoms with Crippen molar-refractivity contribution in [3.63, 3.8) is 0 Å². The fraction of sp³-hybridized carbons (Fsp3) is 0.438. The van der Waals surface area contributed by atoms with Crippen LogP contribution in [0.2, 0.25) is 0 Å². The van der Waals surface area contributed by atoms with Crippen molar-refractivity contribution in [3.8, 4) is 34.1 Å². The number of rotatable bonds is 20. The SMILES string of the molecule is CCCc1c(OCCCOc2cc(OCc3ccccc3)c(-c3ccc(C)cc3)cc2CC)ccc2c1OC(C(=O)NCCC(=O)OCCNC(=O)OC(C)(C)C)CC2. The van der Waals surface area contributed by atoms with E-state index in [1.807, 2.05) is 36.4 Å². The average molecular weight is 809 g/mol. The van der Waals surface area contributed by atoms with Gasteiger partial charge in [-0.05, 0) is 87.8 Å². The second-order valence-corrected chi connectivity index (χ2v) is 15.6. The summed E-state index contributed by atoms with van der Waals surface area (Å²) in [5.74, 6) is 2.25. The molecule has 11 nitrogen and oxygen atoms in total. The fourth-order valence-corrected chi connectivity index (χ4v) is 6.66. The molecule has 0 bridgehead atoms. The van der Waals surface area contributed by atoms with E-state index in [-0.39, 0.29) is 32.0 Å². The Kier molecular flexibility index (Phi) is 16.5. The summed E-state index contributed by atoms with van der Waals surface area (Å²) < 4.78 is 35.8. The molecule has 59 heavy (non-hydrogen) atoms. The second kappa shape index (κ2) is 21.9. The van der Waals surface area contributed by atoms with Crippen LogP contribution in [-0.4, -0.2) is 62.6 Å². The quantitative estimate of drug-likeness (QED) is 0.0664. The molecule has 0 spiro atoms. The smallest absolute Gasteiger partial charge is 0.407 e. The molecular formula is C48H60N2O9. The number of alkyl carbamates (subject to hydrolysis) is 1. The molecule has 0 saturated heterocycles. The van der Waals surface area contributed by atoms with E-state index in [0.29, 0.717) is 44.8 Å². The van der Waals surface area contributed by atoms with Gasteiger partial charge in [-0.25, -0.2) is 4.79 Å². The van der Waals surface area contributed by atoms with Crippen LogP contribution in [0.15, 0.2) is 78.9 Å². The topological polar surface area (TPSA) is 131 Å². The van der Waals surface area contributed by atoms with Gasteiger partial charge in [0.15, 0.2) is 6.10 Å². The Balaban J connectivity index is 1.13. The van der Waals surface area contributed by atoms with Crippen molar-refractivity contribution in [2.45, 2.75) is 105 Å². The molecule has 1 atom stereocenters. The maximum Gasteiger partial charge on any atom is 0.407 e. The Morgan fingerprint density at radius 1 is 0.814 bits per heavy atom. The first-order valence-corrected chi connectivity index (χ1v) is 20.8. The number of amides is 2. The van der Waals surface area contributed by atoms with Crippen LogP contribution in [0, 0.1) is 6.92 Å². The first-order chi connectivity index (χ1) is 28.4. The Bertz CT molecular complexity index is 1990. The lowest BCUT2D eigenvalue weighted by Gasteiger charge is -2.28. The second-order valence-electron chi connectivity index (χ2n) is 15.6. The lowest BCUT2D eigenvalue weighted by Crippen LogP contribution is -2.41. The molecule has 1 heterocycles. The van der Waals surface area contributed by atoms with Crippen LogP contribution in [0.1, 0.15) is 88.1 Å². The standard InChI is InChI=1S/C48H60N2O9/c1-7-13-38-40(22-20-37-21-23-41(58-45(37)38)46(52)49-25-24-44(51)56-29-26-50-47(53)59-48(4,5)6)54-27-12-28-55-42-31-43(57-32-34-14-10-9-11-15-34)39(30-35(42)8-2)36-18-16-33(3)17-19-36/h9-11,14-20,22,30-31,41H,7-8,12-13,21,23-29,32H2,1-6H3,(H,49,52)(H,50,53). The van der Waals surface area contributed by atoms with Gasteiger partial charge in [-0.15, -0.1) is 0 Å². The Labute approximate surface area is 349 Å². The third-order valence-corrected chi connectivity index (χ3v) is 9.64. The predicted octanol–water partition coefficient (Wildman–Crippen LogP) is 8.87. The number of hydrogen-bond donors (Lipinski definition) is 2. The van der Waals surface area contributed by atoms with E-state index < -0.39 is 23.8 Å². The predicted molar refractivity (Wildman–Crippen MR) is 228 cm³/mol. The molecule has 0 aliphatic carbocycles. The summed E-state index contributed by atoms with van der Waals surface area (Å²) in [5, 5.41) is 5.35. The van der Waals surface area contributed by atoms with Crippen LogP contribution in [-0.2, 0) is 44.9 Å². The van der Waals surface area contributed by atoms with Crippen LogP contribution in [0.3, 0.4) is 0 Å². The zero-order valence-electron chi connectivity index (χ0n) is 35.4. The van der Waals surface area contributed by atoms with Crippen molar-refractivity contribution in [1.82, 2.24) is 10.6 Å². The highest BCUT2D eigenvalue weighted by molar-refractivity contribution is 5.82. The van der Waals surface area contributed by atoms with Crippen LogP contribution < -0.4 is 29.6 Å². The van der Waals surface area contributed by atoms with Gasteiger partial charge in [0, 0.05) is 30.2 Å². The lowest BCUT2D eigenvalue weighted by molar-refractivity contribution is -0.143. The molecule has 1 aliphatic rings. The summed E-state index contributed by atoms with van der Waals surface area (Å²) in [4.78, 5) is 37.1. The number of hydrogen-bond acceptors (Lipinski definition) is 9. The number of esters is 1. The number of aryl methyl sites for hydroxylation is 3. The number of ether oxygens (including phenoxy) is 6. The highest BCUT2D eigenvalue weighted by Gasteiger charge is 2.29. The number of fused-ring (bicyclic) bond motifs is 1. The fourth-order valence-electron chi connectivity index (χ4n) is 6.66. The molecule has 11 heteroatoms. The van der Waals surface area contributed by atoms with E-state index >= 15 is 0 Å². The van der Waals surface area contributed by atoms with E-state index in [2.05, 4.69) is 73.9 Å². The average Bonchev–Trinajstić information content (AvgIpc) is 3.22. The monoisotopic (exact) mass is 808 g/mol. The Hall–Kier alpha value is -5.71. The van der Waals surface area contributed by atoms with E-state index in [0.717, 1.165) is 69.9 Å². The molecule has 1 unspecified atom stereocenters. The summed E-state index contributed by atoms with van der Waals surface area (Å²) in [7, 11) is 0. The van der Waals surface area contributed by atoms with Crippen molar-refractivity contribution >= 4 is 18.0 Å². The van der Waals surface area contributed by atoms with Crippen molar-refractivity contribution < 1.29 is 42.8 Å². The van der Waals surface area contributed by atoms with Gasteiger partial charge < -0.3 is 39.1 Å². The van der Waals surface area contributed by atoms with Gasteiger partial charge in [-0.2, -0.15) is 0 Å². The minimum Gasteiger partial charge on any atom is -0.493 e. The molecule has 5 rings (SSSR count). The van der Waals surface area contributed by atoms with Gasteiger partial charge in [-0.3, -0.25) is 9.59 Å². The van der Waals surface area contributed by atoms with Gasteiger partial charge >= 0.3 is 12.1 Å². The third-order valence-electron chi connectivity index (χ3n) is 9.64. The normalized spacial score (nSPS) is 13.4. The summed E-state index contributed by atoms with van der Waals surface area (Å²) in [6.07, 6.45) is 2.99.